The minimum absolute atomic E-state index is 0.0722. The number of pyridine rings is 1. The molecule has 1 aliphatic heterocycles. The van der Waals surface area contributed by atoms with Crippen LogP contribution in [-0.4, -0.2) is 39.6 Å². The lowest BCUT2D eigenvalue weighted by atomic mass is 10.2. The Balaban J connectivity index is 1.24. The minimum atomic E-state index is -0.253. The number of hydrogen-bond acceptors (Lipinski definition) is 7. The number of rotatable bonds is 7. The number of carbonyl (C=O) groups is 1. The van der Waals surface area contributed by atoms with E-state index in [2.05, 4.69) is 25.3 Å². The van der Waals surface area contributed by atoms with Crippen molar-refractivity contribution in [1.82, 2.24) is 20.0 Å². The molecule has 5 rings (SSSR count). The van der Waals surface area contributed by atoms with Crippen LogP contribution in [0.15, 0.2) is 71.4 Å². The van der Waals surface area contributed by atoms with Crippen LogP contribution in [0.4, 0.5) is 5.82 Å². The fourth-order valence-electron chi connectivity index (χ4n) is 4.14. The van der Waals surface area contributed by atoms with E-state index in [1.807, 2.05) is 30.3 Å². The second kappa shape index (κ2) is 10.2. The molecule has 0 aliphatic carbocycles. The van der Waals surface area contributed by atoms with Crippen molar-refractivity contribution in [2.75, 3.05) is 19.0 Å². The molecular weight excluding hydrogens is 466 g/mol. The molecule has 2 aromatic carbocycles. The predicted molar refractivity (Wildman–Crippen MR) is 132 cm³/mol. The molecule has 0 unspecified atom stereocenters. The first-order valence-corrected chi connectivity index (χ1v) is 11.7. The van der Waals surface area contributed by atoms with Crippen molar-refractivity contribution in [1.29, 1.82) is 0 Å². The number of ether oxygens (including phenoxy) is 1. The maximum Gasteiger partial charge on any atom is 0.256 e. The summed E-state index contributed by atoms with van der Waals surface area (Å²) in [4.78, 5) is 23.8. The normalized spacial score (nSPS) is 15.8. The molecule has 1 aliphatic rings. The quantitative estimate of drug-likeness (QED) is 0.372. The van der Waals surface area contributed by atoms with Gasteiger partial charge in [0.05, 0.1) is 13.2 Å². The number of nitrogens with one attached hydrogen (secondary N) is 1. The number of carbonyl (C=O) groups excluding carboxylic acids is 1. The SMILES string of the molecule is COc1ccc(C(=O)Nc2ccc(-c3noc([C@@H]4CCCN4Cc4ccc(Cl)cc4)n3)cn2)cc1. The van der Waals surface area contributed by atoms with E-state index in [9.17, 15) is 4.79 Å². The summed E-state index contributed by atoms with van der Waals surface area (Å²) in [6.45, 7) is 1.76. The molecule has 1 amide bonds. The van der Waals surface area contributed by atoms with Crippen LogP contribution in [0.2, 0.25) is 5.02 Å². The Morgan fingerprint density at radius 3 is 2.66 bits per heavy atom. The molecule has 2 aromatic heterocycles. The van der Waals surface area contributed by atoms with Crippen LogP contribution in [0.3, 0.4) is 0 Å². The van der Waals surface area contributed by atoms with Crippen molar-refractivity contribution < 1.29 is 14.1 Å². The van der Waals surface area contributed by atoms with Crippen LogP contribution in [0.1, 0.15) is 40.7 Å². The van der Waals surface area contributed by atoms with Crippen molar-refractivity contribution in [3.05, 3.63) is 88.9 Å². The number of amides is 1. The van der Waals surface area contributed by atoms with Crippen LogP contribution in [-0.2, 0) is 6.54 Å². The van der Waals surface area contributed by atoms with Crippen molar-refractivity contribution in [2.24, 2.45) is 0 Å². The van der Waals surface area contributed by atoms with Crippen molar-refractivity contribution in [3.8, 4) is 17.1 Å². The molecule has 4 aromatic rings. The average Bonchev–Trinajstić information content (AvgIpc) is 3.56. The lowest BCUT2D eigenvalue weighted by molar-refractivity contribution is 0.102. The second-order valence-electron chi connectivity index (χ2n) is 8.33. The van der Waals surface area contributed by atoms with Gasteiger partial charge >= 0.3 is 0 Å². The predicted octanol–water partition coefficient (Wildman–Crippen LogP) is 5.38. The summed E-state index contributed by atoms with van der Waals surface area (Å²) in [5.41, 5.74) is 2.42. The summed E-state index contributed by atoms with van der Waals surface area (Å²) in [5.74, 6) is 1.94. The molecule has 0 bridgehead atoms. The third kappa shape index (κ3) is 5.34. The van der Waals surface area contributed by atoms with Gasteiger partial charge < -0.3 is 14.6 Å². The van der Waals surface area contributed by atoms with E-state index in [0.29, 0.717) is 34.4 Å². The average molecular weight is 490 g/mol. The van der Waals surface area contributed by atoms with E-state index in [4.69, 9.17) is 20.9 Å². The Hall–Kier alpha value is -3.75. The molecule has 9 heteroatoms. The fourth-order valence-corrected chi connectivity index (χ4v) is 4.26. The summed E-state index contributed by atoms with van der Waals surface area (Å²) in [5, 5.41) is 7.69. The van der Waals surface area contributed by atoms with Gasteiger partial charge in [-0.2, -0.15) is 4.98 Å². The Bertz CT molecular complexity index is 1290. The topological polar surface area (TPSA) is 93.4 Å². The summed E-state index contributed by atoms with van der Waals surface area (Å²) in [6, 6.07) is 18.4. The number of halogens is 1. The highest BCUT2D eigenvalue weighted by atomic mass is 35.5. The standard InChI is InChI=1S/C26H24ClN5O3/c1-34-21-11-6-18(7-12-21)25(33)29-23-13-8-19(15-28-23)24-30-26(35-31-24)22-3-2-14-32(22)16-17-4-9-20(27)10-5-17/h4-13,15,22H,2-3,14,16H2,1H3,(H,28,29,33)/t22-/m0/s1. The summed E-state index contributed by atoms with van der Waals surface area (Å²) < 4.78 is 10.8. The van der Waals surface area contributed by atoms with Crippen molar-refractivity contribution in [2.45, 2.75) is 25.4 Å². The van der Waals surface area contributed by atoms with E-state index >= 15 is 0 Å². The van der Waals surface area contributed by atoms with E-state index in [1.54, 1.807) is 43.6 Å². The Kier molecular flexibility index (Phi) is 6.74. The van der Waals surface area contributed by atoms with Crippen molar-refractivity contribution in [3.63, 3.8) is 0 Å². The third-order valence-corrected chi connectivity index (χ3v) is 6.26. The second-order valence-corrected chi connectivity index (χ2v) is 8.76. The molecule has 8 nitrogen and oxygen atoms in total. The largest absolute Gasteiger partial charge is 0.497 e. The summed E-state index contributed by atoms with van der Waals surface area (Å²) in [7, 11) is 1.58. The highest BCUT2D eigenvalue weighted by Crippen LogP contribution is 2.33. The minimum Gasteiger partial charge on any atom is -0.497 e. The van der Waals surface area contributed by atoms with E-state index in [0.717, 1.165) is 31.0 Å². The van der Waals surface area contributed by atoms with Gasteiger partial charge in [-0.15, -0.1) is 0 Å². The van der Waals surface area contributed by atoms with Gasteiger partial charge in [0.2, 0.25) is 11.7 Å². The number of hydrogen-bond donors (Lipinski definition) is 1. The first-order valence-electron chi connectivity index (χ1n) is 11.3. The molecule has 1 N–H and O–H groups in total. The van der Waals surface area contributed by atoms with Gasteiger partial charge in [-0.05, 0) is 73.5 Å². The molecule has 35 heavy (non-hydrogen) atoms. The van der Waals surface area contributed by atoms with E-state index < -0.39 is 0 Å². The Labute approximate surface area is 207 Å². The molecule has 1 fully saturated rings. The highest BCUT2D eigenvalue weighted by molar-refractivity contribution is 6.30. The molecule has 3 heterocycles. The zero-order valence-electron chi connectivity index (χ0n) is 19.1. The van der Waals surface area contributed by atoms with Gasteiger partial charge in [0.15, 0.2) is 0 Å². The van der Waals surface area contributed by atoms with Gasteiger partial charge in [0.1, 0.15) is 11.6 Å². The van der Waals surface area contributed by atoms with Crippen LogP contribution >= 0.6 is 11.6 Å². The summed E-state index contributed by atoms with van der Waals surface area (Å²) in [6.07, 6.45) is 3.66. The Morgan fingerprint density at radius 1 is 1.14 bits per heavy atom. The smallest absolute Gasteiger partial charge is 0.256 e. The summed E-state index contributed by atoms with van der Waals surface area (Å²) >= 11 is 6.01. The molecule has 0 saturated carbocycles. The van der Waals surface area contributed by atoms with Gasteiger partial charge in [-0.3, -0.25) is 9.69 Å². The first-order chi connectivity index (χ1) is 17.1. The van der Waals surface area contributed by atoms with Gasteiger partial charge in [0.25, 0.3) is 5.91 Å². The molecule has 1 saturated heterocycles. The highest BCUT2D eigenvalue weighted by Gasteiger charge is 2.30. The lowest BCUT2D eigenvalue weighted by Gasteiger charge is -2.21. The van der Waals surface area contributed by atoms with Crippen LogP contribution in [0, 0.1) is 0 Å². The molecule has 0 radical (unpaired) electrons. The zero-order valence-corrected chi connectivity index (χ0v) is 19.9. The maximum atomic E-state index is 12.5. The number of nitrogens with zero attached hydrogens (tertiary/aromatic N) is 4. The third-order valence-electron chi connectivity index (χ3n) is 6.00. The molecule has 178 valence electrons. The lowest BCUT2D eigenvalue weighted by Crippen LogP contribution is -2.23. The number of anilines is 1. The van der Waals surface area contributed by atoms with E-state index in [-0.39, 0.29) is 11.9 Å². The number of benzene rings is 2. The Morgan fingerprint density at radius 2 is 1.94 bits per heavy atom. The van der Waals surface area contributed by atoms with Crippen molar-refractivity contribution >= 4 is 23.3 Å². The number of aromatic nitrogens is 3. The number of methoxy groups -OCH3 is 1. The first kappa shape index (κ1) is 23.0. The van der Waals surface area contributed by atoms with Crippen LogP contribution in [0.25, 0.3) is 11.4 Å². The molecule has 0 spiro atoms. The van der Waals surface area contributed by atoms with Crippen LogP contribution in [0.5, 0.6) is 5.75 Å². The van der Waals surface area contributed by atoms with Gasteiger partial charge in [0, 0.05) is 28.9 Å². The van der Waals surface area contributed by atoms with Crippen LogP contribution < -0.4 is 10.1 Å². The zero-order chi connectivity index (χ0) is 24.2. The monoisotopic (exact) mass is 489 g/mol. The molecule has 1 atom stereocenters. The number of likely N-dealkylation sites (tertiary alicyclic amines) is 1. The van der Waals surface area contributed by atoms with Gasteiger partial charge in [-0.1, -0.05) is 28.9 Å². The fraction of sp³-hybridized carbons (Fsp3) is 0.231. The van der Waals surface area contributed by atoms with Gasteiger partial charge in [-0.25, -0.2) is 4.98 Å². The van der Waals surface area contributed by atoms with E-state index in [1.165, 1.54) is 5.56 Å². The molecular formula is C26H24ClN5O3. The maximum absolute atomic E-state index is 12.5.